The third kappa shape index (κ3) is 2.69. The van der Waals surface area contributed by atoms with Crippen LogP contribution in [0.4, 0.5) is 5.69 Å². The molecule has 0 saturated heterocycles. The fourth-order valence-corrected chi connectivity index (χ4v) is 3.22. The molecule has 0 atom stereocenters. The molecular formula is C14H11BrN2O2S. The average Bonchev–Trinajstić information content (AvgIpc) is 2.46. The van der Waals surface area contributed by atoms with Crippen LogP contribution in [0.3, 0.4) is 0 Å². The number of hydrogen-bond donors (Lipinski definition) is 0. The van der Waals surface area contributed by atoms with E-state index in [0.29, 0.717) is 11.3 Å². The summed E-state index contributed by atoms with van der Waals surface area (Å²) in [7, 11) is -2.24. The lowest BCUT2D eigenvalue weighted by Crippen LogP contribution is -2.27. The van der Waals surface area contributed by atoms with E-state index in [1.807, 2.05) is 6.07 Å². The Hall–Kier alpha value is -1.84. The minimum Gasteiger partial charge on any atom is -0.268 e. The van der Waals surface area contributed by atoms with Crippen LogP contribution in [0.15, 0.2) is 57.9 Å². The van der Waals surface area contributed by atoms with Crippen LogP contribution in [0.2, 0.25) is 0 Å². The van der Waals surface area contributed by atoms with Gasteiger partial charge in [-0.3, -0.25) is 4.31 Å². The highest BCUT2D eigenvalue weighted by Crippen LogP contribution is 2.25. The minimum atomic E-state index is -3.68. The van der Waals surface area contributed by atoms with Crippen LogP contribution in [-0.4, -0.2) is 15.5 Å². The molecule has 0 aliphatic rings. The molecule has 102 valence electrons. The number of nitrogens with zero attached hydrogens (tertiary/aromatic N) is 2. The van der Waals surface area contributed by atoms with Gasteiger partial charge in [-0.15, -0.1) is 0 Å². The van der Waals surface area contributed by atoms with E-state index in [4.69, 9.17) is 5.26 Å². The van der Waals surface area contributed by atoms with Gasteiger partial charge in [0.2, 0.25) is 0 Å². The molecule has 2 rings (SSSR count). The summed E-state index contributed by atoms with van der Waals surface area (Å²) in [6, 6.07) is 14.9. The van der Waals surface area contributed by atoms with Crippen molar-refractivity contribution >= 4 is 31.6 Å². The molecule has 0 N–H and O–H groups in total. The zero-order valence-electron chi connectivity index (χ0n) is 10.6. The molecule has 20 heavy (non-hydrogen) atoms. The molecule has 0 fully saturated rings. The Morgan fingerprint density at radius 1 is 1.10 bits per heavy atom. The van der Waals surface area contributed by atoms with Crippen molar-refractivity contribution in [2.24, 2.45) is 0 Å². The number of para-hydroxylation sites is 1. The van der Waals surface area contributed by atoms with E-state index in [-0.39, 0.29) is 4.90 Å². The van der Waals surface area contributed by atoms with E-state index < -0.39 is 10.0 Å². The lowest BCUT2D eigenvalue weighted by molar-refractivity contribution is 0.594. The van der Waals surface area contributed by atoms with Crippen LogP contribution in [0.1, 0.15) is 5.56 Å². The summed E-state index contributed by atoms with van der Waals surface area (Å²) in [6.45, 7) is 0. The molecule has 0 aliphatic carbocycles. The van der Waals surface area contributed by atoms with Gasteiger partial charge in [0.1, 0.15) is 6.07 Å². The summed E-state index contributed by atoms with van der Waals surface area (Å²) in [4.78, 5) is 0.177. The van der Waals surface area contributed by atoms with Crippen LogP contribution >= 0.6 is 15.9 Å². The molecule has 0 aliphatic heterocycles. The number of rotatable bonds is 3. The van der Waals surface area contributed by atoms with Gasteiger partial charge >= 0.3 is 0 Å². The van der Waals surface area contributed by atoms with Crippen molar-refractivity contribution in [2.75, 3.05) is 11.4 Å². The summed E-state index contributed by atoms with van der Waals surface area (Å²) >= 11 is 3.27. The Bertz CT molecular complexity index is 765. The number of benzene rings is 2. The molecule has 4 nitrogen and oxygen atoms in total. The van der Waals surface area contributed by atoms with E-state index in [0.717, 1.165) is 8.78 Å². The maximum Gasteiger partial charge on any atom is 0.264 e. The van der Waals surface area contributed by atoms with E-state index in [1.54, 1.807) is 36.4 Å². The standard InChI is InChI=1S/C14H11BrN2O2S/c1-17(14-5-3-2-4-11(14)10-16)20(18,19)13-8-6-12(15)7-9-13/h2-9H,1H3. The van der Waals surface area contributed by atoms with Gasteiger partial charge in [0.05, 0.1) is 16.1 Å². The maximum atomic E-state index is 12.5. The lowest BCUT2D eigenvalue weighted by Gasteiger charge is -2.20. The minimum absolute atomic E-state index is 0.177. The molecule has 0 bridgehead atoms. The van der Waals surface area contributed by atoms with E-state index in [9.17, 15) is 8.42 Å². The van der Waals surface area contributed by atoms with Crippen molar-refractivity contribution in [3.63, 3.8) is 0 Å². The first-order valence-corrected chi connectivity index (χ1v) is 7.94. The smallest absolute Gasteiger partial charge is 0.264 e. The summed E-state index contributed by atoms with van der Waals surface area (Å²) in [5.41, 5.74) is 0.675. The topological polar surface area (TPSA) is 61.2 Å². The normalized spacial score (nSPS) is 10.8. The van der Waals surface area contributed by atoms with Gasteiger partial charge in [0, 0.05) is 11.5 Å². The first-order chi connectivity index (χ1) is 9.46. The molecule has 0 radical (unpaired) electrons. The van der Waals surface area contributed by atoms with Gasteiger partial charge in [-0.1, -0.05) is 28.1 Å². The van der Waals surface area contributed by atoms with E-state index >= 15 is 0 Å². The Morgan fingerprint density at radius 2 is 1.70 bits per heavy atom. The average molecular weight is 351 g/mol. The summed E-state index contributed by atoms with van der Waals surface area (Å²) in [5, 5.41) is 9.06. The van der Waals surface area contributed by atoms with Gasteiger partial charge in [-0.2, -0.15) is 5.26 Å². The van der Waals surface area contributed by atoms with Gasteiger partial charge in [0.25, 0.3) is 10.0 Å². The fourth-order valence-electron chi connectivity index (χ4n) is 1.74. The van der Waals surface area contributed by atoms with E-state index in [2.05, 4.69) is 15.9 Å². The third-order valence-corrected chi connectivity index (χ3v) is 5.15. The van der Waals surface area contributed by atoms with Crippen molar-refractivity contribution in [2.45, 2.75) is 4.90 Å². The van der Waals surface area contributed by atoms with Crippen molar-refractivity contribution in [1.29, 1.82) is 5.26 Å². The highest BCUT2D eigenvalue weighted by atomic mass is 79.9. The predicted octanol–water partition coefficient (Wildman–Crippen LogP) is 3.15. The van der Waals surface area contributed by atoms with Crippen molar-refractivity contribution in [1.82, 2.24) is 0 Å². The predicted molar refractivity (Wildman–Crippen MR) is 80.9 cm³/mol. The van der Waals surface area contributed by atoms with E-state index in [1.165, 1.54) is 19.2 Å². The molecule has 0 unspecified atom stereocenters. The lowest BCUT2D eigenvalue weighted by atomic mass is 10.2. The molecule has 0 amide bonds. The van der Waals surface area contributed by atoms with Crippen LogP contribution in [-0.2, 0) is 10.0 Å². The number of halogens is 1. The summed E-state index contributed by atoms with van der Waals surface area (Å²) in [6.07, 6.45) is 0. The molecule has 0 spiro atoms. The second-order valence-electron chi connectivity index (χ2n) is 4.06. The Kier molecular flexibility index (Phi) is 4.12. The van der Waals surface area contributed by atoms with Crippen LogP contribution in [0.5, 0.6) is 0 Å². The Labute approximate surface area is 126 Å². The third-order valence-electron chi connectivity index (χ3n) is 2.84. The second-order valence-corrected chi connectivity index (χ2v) is 6.94. The monoisotopic (exact) mass is 350 g/mol. The highest BCUT2D eigenvalue weighted by molar-refractivity contribution is 9.10. The summed E-state index contributed by atoms with van der Waals surface area (Å²) < 4.78 is 26.9. The number of anilines is 1. The molecular weight excluding hydrogens is 340 g/mol. The fraction of sp³-hybridized carbons (Fsp3) is 0.0714. The first kappa shape index (κ1) is 14.6. The number of nitriles is 1. The number of hydrogen-bond acceptors (Lipinski definition) is 3. The zero-order chi connectivity index (χ0) is 14.8. The Morgan fingerprint density at radius 3 is 2.30 bits per heavy atom. The molecule has 0 saturated carbocycles. The van der Waals surface area contributed by atoms with Gasteiger partial charge in [-0.25, -0.2) is 8.42 Å². The largest absolute Gasteiger partial charge is 0.268 e. The Balaban J connectivity index is 2.49. The molecule has 2 aromatic carbocycles. The SMILES string of the molecule is CN(c1ccccc1C#N)S(=O)(=O)c1ccc(Br)cc1. The van der Waals surface area contributed by atoms with Crippen molar-refractivity contribution < 1.29 is 8.42 Å². The first-order valence-electron chi connectivity index (χ1n) is 5.70. The van der Waals surface area contributed by atoms with Crippen LogP contribution in [0.25, 0.3) is 0 Å². The van der Waals surface area contributed by atoms with Crippen molar-refractivity contribution in [3.05, 3.63) is 58.6 Å². The zero-order valence-corrected chi connectivity index (χ0v) is 13.0. The molecule has 0 heterocycles. The molecule has 6 heteroatoms. The number of sulfonamides is 1. The van der Waals surface area contributed by atoms with Gasteiger partial charge < -0.3 is 0 Å². The summed E-state index contributed by atoms with van der Waals surface area (Å²) in [5.74, 6) is 0. The van der Waals surface area contributed by atoms with Gasteiger partial charge in [0.15, 0.2) is 0 Å². The van der Waals surface area contributed by atoms with Crippen LogP contribution in [0, 0.1) is 11.3 Å². The van der Waals surface area contributed by atoms with Crippen LogP contribution < -0.4 is 4.31 Å². The van der Waals surface area contributed by atoms with Crippen molar-refractivity contribution in [3.8, 4) is 6.07 Å². The van der Waals surface area contributed by atoms with Gasteiger partial charge in [-0.05, 0) is 36.4 Å². The molecule has 0 aromatic heterocycles. The quantitative estimate of drug-likeness (QED) is 0.854. The second kappa shape index (κ2) is 5.65. The maximum absolute atomic E-state index is 12.5. The molecule has 2 aromatic rings. The highest BCUT2D eigenvalue weighted by Gasteiger charge is 2.22.